The van der Waals surface area contributed by atoms with Crippen LogP contribution >= 0.6 is 0 Å². The lowest BCUT2D eigenvalue weighted by Crippen LogP contribution is -2.46. The molecule has 1 N–H and O–H groups in total. The second-order valence-corrected chi connectivity index (χ2v) is 4.42. The molecule has 0 amide bonds. The van der Waals surface area contributed by atoms with Gasteiger partial charge in [0.2, 0.25) is 0 Å². The summed E-state index contributed by atoms with van der Waals surface area (Å²) in [5.41, 5.74) is 0.460. The second-order valence-electron chi connectivity index (χ2n) is 4.42. The summed E-state index contributed by atoms with van der Waals surface area (Å²) in [5, 5.41) is 12.4. The largest absolute Gasteiger partial charge is 0.490 e. The molecular weight excluding hydrogens is 212 g/mol. The highest BCUT2D eigenvalue weighted by Crippen LogP contribution is 2.17. The fourth-order valence-electron chi connectivity index (χ4n) is 1.46. The first-order valence-corrected chi connectivity index (χ1v) is 5.96. The molecule has 1 rings (SSSR count). The number of aryl methyl sites for hydroxylation is 1. The second kappa shape index (κ2) is 6.27. The Morgan fingerprint density at radius 2 is 2.12 bits per heavy atom. The number of hydrogen-bond donors (Lipinski definition) is 1. The summed E-state index contributed by atoms with van der Waals surface area (Å²) in [7, 11) is 0. The minimum absolute atomic E-state index is 0.356. The Kier molecular flexibility index (Phi) is 4.99. The average molecular weight is 232 g/mol. The van der Waals surface area contributed by atoms with Gasteiger partial charge in [0.15, 0.2) is 0 Å². The van der Waals surface area contributed by atoms with Gasteiger partial charge in [-0.25, -0.2) is 0 Å². The van der Waals surface area contributed by atoms with E-state index < -0.39 is 5.54 Å². The standard InChI is InChI=1S/C14H20N2O/c1-4-9-16-14(3,10-15)11-17-13-8-6-5-7-12(13)2/h5-8,16H,4,9,11H2,1-3H3. The fourth-order valence-corrected chi connectivity index (χ4v) is 1.46. The van der Waals surface area contributed by atoms with E-state index in [9.17, 15) is 0 Å². The molecule has 17 heavy (non-hydrogen) atoms. The summed E-state index contributed by atoms with van der Waals surface area (Å²) in [6.07, 6.45) is 1.00. The molecule has 1 unspecified atom stereocenters. The number of para-hydroxylation sites is 1. The van der Waals surface area contributed by atoms with E-state index >= 15 is 0 Å². The molecule has 1 atom stereocenters. The van der Waals surface area contributed by atoms with Crippen LogP contribution < -0.4 is 10.1 Å². The number of rotatable bonds is 6. The third-order valence-electron chi connectivity index (χ3n) is 2.62. The zero-order valence-corrected chi connectivity index (χ0v) is 10.8. The summed E-state index contributed by atoms with van der Waals surface area (Å²) in [6, 6.07) is 10.1. The highest BCUT2D eigenvalue weighted by atomic mass is 16.5. The van der Waals surface area contributed by atoms with Crippen LogP contribution in [0.25, 0.3) is 0 Å². The highest BCUT2D eigenvalue weighted by molar-refractivity contribution is 5.32. The topological polar surface area (TPSA) is 45.0 Å². The third kappa shape index (κ3) is 4.08. The predicted molar refractivity (Wildman–Crippen MR) is 69.0 cm³/mol. The first-order valence-electron chi connectivity index (χ1n) is 5.96. The maximum Gasteiger partial charge on any atom is 0.138 e. The first kappa shape index (κ1) is 13.5. The van der Waals surface area contributed by atoms with Gasteiger partial charge in [0.25, 0.3) is 0 Å². The number of nitrogens with zero attached hydrogens (tertiary/aromatic N) is 1. The van der Waals surface area contributed by atoms with Gasteiger partial charge in [-0.05, 0) is 38.4 Å². The summed E-state index contributed by atoms with van der Waals surface area (Å²) < 4.78 is 5.70. The molecule has 92 valence electrons. The lowest BCUT2D eigenvalue weighted by molar-refractivity contribution is 0.233. The summed E-state index contributed by atoms with van der Waals surface area (Å²) >= 11 is 0. The van der Waals surface area contributed by atoms with E-state index in [2.05, 4.69) is 18.3 Å². The van der Waals surface area contributed by atoms with E-state index in [1.165, 1.54) is 0 Å². The molecule has 0 aliphatic heterocycles. The van der Waals surface area contributed by atoms with Crippen LogP contribution in [0, 0.1) is 18.3 Å². The molecule has 0 radical (unpaired) electrons. The molecule has 0 aliphatic carbocycles. The molecule has 0 bridgehead atoms. The van der Waals surface area contributed by atoms with Crippen LogP contribution in [0.5, 0.6) is 5.75 Å². The Bertz CT molecular complexity index is 397. The first-order chi connectivity index (χ1) is 8.11. The minimum atomic E-state index is -0.627. The number of nitriles is 1. The molecule has 0 saturated heterocycles. The summed E-state index contributed by atoms with van der Waals surface area (Å²) in [6.45, 7) is 7.11. The normalized spacial score (nSPS) is 13.8. The van der Waals surface area contributed by atoms with Crippen LogP contribution in [0.2, 0.25) is 0 Å². The van der Waals surface area contributed by atoms with Crippen LogP contribution in [-0.2, 0) is 0 Å². The molecule has 0 aromatic heterocycles. The van der Waals surface area contributed by atoms with Crippen molar-refractivity contribution in [2.24, 2.45) is 0 Å². The fraction of sp³-hybridized carbons (Fsp3) is 0.500. The number of hydrogen-bond acceptors (Lipinski definition) is 3. The van der Waals surface area contributed by atoms with Gasteiger partial charge < -0.3 is 4.74 Å². The van der Waals surface area contributed by atoms with Crippen molar-refractivity contribution in [1.82, 2.24) is 5.32 Å². The van der Waals surface area contributed by atoms with Crippen LogP contribution in [0.1, 0.15) is 25.8 Å². The van der Waals surface area contributed by atoms with Crippen LogP contribution in [-0.4, -0.2) is 18.7 Å². The molecule has 0 aliphatic rings. The summed E-state index contributed by atoms with van der Waals surface area (Å²) in [4.78, 5) is 0. The van der Waals surface area contributed by atoms with Crippen molar-refractivity contribution in [3.8, 4) is 11.8 Å². The van der Waals surface area contributed by atoms with E-state index in [4.69, 9.17) is 10.00 Å². The Morgan fingerprint density at radius 3 is 2.71 bits per heavy atom. The Labute approximate surface area is 103 Å². The van der Waals surface area contributed by atoms with Crippen LogP contribution in [0.4, 0.5) is 0 Å². The molecule has 0 heterocycles. The maximum absolute atomic E-state index is 9.17. The predicted octanol–water partition coefficient (Wildman–Crippen LogP) is 2.66. The number of ether oxygens (including phenoxy) is 1. The van der Waals surface area contributed by atoms with Gasteiger partial charge >= 0.3 is 0 Å². The lowest BCUT2D eigenvalue weighted by atomic mass is 10.1. The van der Waals surface area contributed by atoms with Gasteiger partial charge in [0.1, 0.15) is 17.9 Å². The molecule has 3 nitrogen and oxygen atoms in total. The SMILES string of the molecule is CCCNC(C)(C#N)COc1ccccc1C. The van der Waals surface area contributed by atoms with Crippen molar-refractivity contribution in [2.45, 2.75) is 32.7 Å². The van der Waals surface area contributed by atoms with Crippen molar-refractivity contribution in [1.29, 1.82) is 5.26 Å². The maximum atomic E-state index is 9.17. The van der Waals surface area contributed by atoms with Gasteiger partial charge in [0.05, 0.1) is 6.07 Å². The third-order valence-corrected chi connectivity index (χ3v) is 2.62. The van der Waals surface area contributed by atoms with Crippen molar-refractivity contribution in [3.63, 3.8) is 0 Å². The smallest absolute Gasteiger partial charge is 0.138 e. The molecule has 1 aromatic carbocycles. The Balaban J connectivity index is 2.59. The molecule has 0 saturated carbocycles. The quantitative estimate of drug-likeness (QED) is 0.820. The van der Waals surface area contributed by atoms with Crippen molar-refractivity contribution >= 4 is 0 Å². The van der Waals surface area contributed by atoms with Crippen molar-refractivity contribution in [3.05, 3.63) is 29.8 Å². The average Bonchev–Trinajstić information content (AvgIpc) is 2.35. The zero-order valence-electron chi connectivity index (χ0n) is 10.8. The lowest BCUT2D eigenvalue weighted by Gasteiger charge is -2.23. The van der Waals surface area contributed by atoms with Gasteiger partial charge in [-0.3, -0.25) is 5.32 Å². The van der Waals surface area contributed by atoms with E-state index in [-0.39, 0.29) is 0 Å². The highest BCUT2D eigenvalue weighted by Gasteiger charge is 2.23. The Hall–Kier alpha value is -1.53. The van der Waals surface area contributed by atoms with Gasteiger partial charge in [-0.15, -0.1) is 0 Å². The number of nitrogens with one attached hydrogen (secondary N) is 1. The van der Waals surface area contributed by atoms with Crippen LogP contribution in [0.15, 0.2) is 24.3 Å². The summed E-state index contributed by atoms with van der Waals surface area (Å²) in [5.74, 6) is 0.840. The van der Waals surface area contributed by atoms with Crippen molar-refractivity contribution in [2.75, 3.05) is 13.2 Å². The van der Waals surface area contributed by atoms with E-state index in [1.807, 2.05) is 38.1 Å². The van der Waals surface area contributed by atoms with Gasteiger partial charge in [-0.2, -0.15) is 5.26 Å². The van der Waals surface area contributed by atoms with Gasteiger partial charge in [0, 0.05) is 0 Å². The van der Waals surface area contributed by atoms with E-state index in [0.717, 1.165) is 24.3 Å². The number of benzene rings is 1. The monoisotopic (exact) mass is 232 g/mol. The Morgan fingerprint density at radius 1 is 1.41 bits per heavy atom. The van der Waals surface area contributed by atoms with Crippen LogP contribution in [0.3, 0.4) is 0 Å². The molecule has 3 heteroatoms. The molecular formula is C14H20N2O. The van der Waals surface area contributed by atoms with E-state index in [1.54, 1.807) is 0 Å². The molecule has 1 aromatic rings. The molecule has 0 spiro atoms. The zero-order chi connectivity index (χ0) is 12.7. The van der Waals surface area contributed by atoms with Crippen molar-refractivity contribution < 1.29 is 4.74 Å². The van der Waals surface area contributed by atoms with E-state index in [0.29, 0.717) is 6.61 Å². The van der Waals surface area contributed by atoms with Gasteiger partial charge in [-0.1, -0.05) is 25.1 Å². The minimum Gasteiger partial charge on any atom is -0.490 e. The molecule has 0 fully saturated rings.